The van der Waals surface area contributed by atoms with E-state index in [1.54, 1.807) is 47.5 Å². The smallest absolute Gasteiger partial charge is 0.415 e. The van der Waals surface area contributed by atoms with E-state index in [0.29, 0.717) is 49.1 Å². The topological polar surface area (TPSA) is 141 Å². The number of aromatic nitrogens is 3. The number of hydrogen-bond acceptors (Lipinski definition) is 9. The summed E-state index contributed by atoms with van der Waals surface area (Å²) >= 11 is 0. The predicted molar refractivity (Wildman–Crippen MR) is 159 cm³/mol. The van der Waals surface area contributed by atoms with Gasteiger partial charge in [-0.25, -0.2) is 14.6 Å². The van der Waals surface area contributed by atoms with Crippen molar-refractivity contribution in [3.05, 3.63) is 73.2 Å². The number of anilines is 4. The first-order chi connectivity index (χ1) is 20.3. The molecule has 12 nitrogen and oxygen atoms in total. The number of benzene rings is 1. The average Bonchev–Trinajstić information content (AvgIpc) is 3.55. The number of carbonyl (C=O) groups is 3. The van der Waals surface area contributed by atoms with E-state index in [0.717, 1.165) is 18.9 Å². The summed E-state index contributed by atoms with van der Waals surface area (Å²) in [4.78, 5) is 55.9. The van der Waals surface area contributed by atoms with Crippen LogP contribution in [-0.4, -0.2) is 75.1 Å². The van der Waals surface area contributed by atoms with Gasteiger partial charge in [0.25, 0.3) is 5.91 Å². The molecule has 1 atom stereocenters. The number of nitrogens with one attached hydrogen (secondary N) is 1. The standard InChI is InChI=1S/C30H35N7O5/c1-4-26(38)37(22-10-9-15-31-19-22)25-20-32-29(35(5-2)6-3)34-27(25)33-24(28(39)40)18-21-11-13-23(14-12-21)42-30(41)36-16-7-8-17-36/h4,9-15,19-20,24H,1,5-8,16-18H2,2-3H3,(H,39,40)(H,32,33,34)/t24-/m0/s1. The number of aliphatic carboxylic acids is 1. The summed E-state index contributed by atoms with van der Waals surface area (Å²) in [5.41, 5.74) is 1.39. The lowest BCUT2D eigenvalue weighted by molar-refractivity contribution is -0.137. The monoisotopic (exact) mass is 573 g/mol. The van der Waals surface area contributed by atoms with Crippen LogP contribution < -0.4 is 19.9 Å². The Morgan fingerprint density at radius 3 is 2.43 bits per heavy atom. The Kier molecular flexibility index (Phi) is 10.0. The van der Waals surface area contributed by atoms with Crippen molar-refractivity contribution in [3.8, 4) is 5.75 Å². The number of hydrogen-bond donors (Lipinski definition) is 2. The second kappa shape index (κ2) is 14.1. The average molecular weight is 574 g/mol. The van der Waals surface area contributed by atoms with Crippen molar-refractivity contribution in [2.75, 3.05) is 41.3 Å². The van der Waals surface area contributed by atoms with Crippen molar-refractivity contribution in [1.29, 1.82) is 0 Å². The van der Waals surface area contributed by atoms with Crippen LogP contribution in [0, 0.1) is 0 Å². The van der Waals surface area contributed by atoms with Crippen LogP contribution in [0.3, 0.4) is 0 Å². The first-order valence-corrected chi connectivity index (χ1v) is 13.9. The van der Waals surface area contributed by atoms with Crippen LogP contribution in [0.5, 0.6) is 5.75 Å². The van der Waals surface area contributed by atoms with E-state index in [1.165, 1.54) is 17.3 Å². The summed E-state index contributed by atoms with van der Waals surface area (Å²) in [6, 6.07) is 8.99. The molecular formula is C30H35N7O5. The zero-order chi connectivity index (χ0) is 30.1. The SMILES string of the molecule is C=CC(=O)N(c1cccnc1)c1cnc(N(CC)CC)nc1N[C@@H](Cc1ccc(OC(=O)N2CCCC2)cc1)C(=O)O. The third-order valence-electron chi connectivity index (χ3n) is 6.88. The first kappa shape index (κ1) is 30.0. The molecule has 1 saturated heterocycles. The Morgan fingerprint density at radius 2 is 1.83 bits per heavy atom. The minimum Gasteiger partial charge on any atom is -0.480 e. The van der Waals surface area contributed by atoms with E-state index in [4.69, 9.17) is 4.74 Å². The predicted octanol–water partition coefficient (Wildman–Crippen LogP) is 4.27. The lowest BCUT2D eigenvalue weighted by atomic mass is 10.1. The first-order valence-electron chi connectivity index (χ1n) is 13.9. The molecule has 2 aromatic heterocycles. The van der Waals surface area contributed by atoms with Gasteiger partial charge in [0, 0.05) is 38.8 Å². The molecule has 0 spiro atoms. The Morgan fingerprint density at radius 1 is 1.12 bits per heavy atom. The summed E-state index contributed by atoms with van der Waals surface area (Å²) in [5.74, 6) is -0.647. The molecule has 3 aromatic rings. The van der Waals surface area contributed by atoms with Crippen LogP contribution in [0.25, 0.3) is 0 Å². The molecule has 3 heterocycles. The van der Waals surface area contributed by atoms with Gasteiger partial charge in [-0.05, 0) is 62.6 Å². The van der Waals surface area contributed by atoms with E-state index >= 15 is 0 Å². The normalized spacial score (nSPS) is 13.2. The lowest BCUT2D eigenvalue weighted by Gasteiger charge is -2.27. The van der Waals surface area contributed by atoms with Gasteiger partial charge >= 0.3 is 12.1 Å². The van der Waals surface area contributed by atoms with E-state index in [9.17, 15) is 19.5 Å². The van der Waals surface area contributed by atoms with Gasteiger partial charge in [-0.3, -0.25) is 14.7 Å². The Labute approximate surface area is 244 Å². The third kappa shape index (κ3) is 7.19. The van der Waals surface area contributed by atoms with Gasteiger partial charge in [0.15, 0.2) is 5.82 Å². The number of amides is 2. The Balaban J connectivity index is 1.63. The molecule has 2 N–H and O–H groups in total. The number of ether oxygens (including phenoxy) is 1. The fourth-order valence-electron chi connectivity index (χ4n) is 4.62. The highest BCUT2D eigenvalue weighted by molar-refractivity contribution is 6.08. The minimum absolute atomic E-state index is 0.0853. The quantitative estimate of drug-likeness (QED) is 0.302. The molecule has 0 unspecified atom stereocenters. The molecule has 1 aliphatic rings. The van der Waals surface area contributed by atoms with Crippen LogP contribution in [0.2, 0.25) is 0 Å². The van der Waals surface area contributed by atoms with Gasteiger partial charge in [0.2, 0.25) is 5.95 Å². The van der Waals surface area contributed by atoms with Crippen LogP contribution >= 0.6 is 0 Å². The van der Waals surface area contributed by atoms with Crippen LogP contribution in [0.15, 0.2) is 67.6 Å². The summed E-state index contributed by atoms with van der Waals surface area (Å²) < 4.78 is 5.46. The number of rotatable bonds is 12. The Bertz CT molecular complexity index is 1390. The summed E-state index contributed by atoms with van der Waals surface area (Å²) in [6.45, 7) is 10.2. The number of carboxylic acid groups (broad SMARTS) is 1. The third-order valence-corrected chi connectivity index (χ3v) is 6.88. The van der Waals surface area contributed by atoms with Gasteiger partial charge in [0.05, 0.1) is 18.1 Å². The lowest BCUT2D eigenvalue weighted by Crippen LogP contribution is -2.34. The fraction of sp³-hybridized carbons (Fsp3) is 0.333. The molecule has 1 aromatic carbocycles. The van der Waals surface area contributed by atoms with E-state index < -0.39 is 24.0 Å². The van der Waals surface area contributed by atoms with Gasteiger partial charge in [-0.2, -0.15) is 4.98 Å². The number of pyridine rings is 1. The molecule has 1 aliphatic heterocycles. The van der Waals surface area contributed by atoms with E-state index in [-0.39, 0.29) is 17.9 Å². The second-order valence-electron chi connectivity index (χ2n) is 9.61. The van der Waals surface area contributed by atoms with Gasteiger partial charge in [-0.1, -0.05) is 18.7 Å². The second-order valence-corrected chi connectivity index (χ2v) is 9.61. The van der Waals surface area contributed by atoms with Gasteiger partial charge < -0.3 is 25.0 Å². The summed E-state index contributed by atoms with van der Waals surface area (Å²) in [7, 11) is 0. The van der Waals surface area contributed by atoms with Crippen LogP contribution in [0.4, 0.5) is 27.9 Å². The van der Waals surface area contributed by atoms with Crippen LogP contribution in [-0.2, 0) is 16.0 Å². The van der Waals surface area contributed by atoms with Crippen molar-refractivity contribution in [2.45, 2.75) is 39.2 Å². The maximum Gasteiger partial charge on any atom is 0.415 e. The molecular weight excluding hydrogens is 538 g/mol. The summed E-state index contributed by atoms with van der Waals surface area (Å²) in [6.07, 6.45) is 7.35. The fourth-order valence-corrected chi connectivity index (χ4v) is 4.62. The maximum atomic E-state index is 13.0. The van der Waals surface area contributed by atoms with Crippen LogP contribution in [0.1, 0.15) is 32.3 Å². The molecule has 0 radical (unpaired) electrons. The molecule has 12 heteroatoms. The largest absolute Gasteiger partial charge is 0.480 e. The number of carbonyl (C=O) groups excluding carboxylic acids is 2. The number of nitrogens with zero attached hydrogens (tertiary/aromatic N) is 6. The van der Waals surface area contributed by atoms with Crippen molar-refractivity contribution in [2.24, 2.45) is 0 Å². The summed E-state index contributed by atoms with van der Waals surface area (Å²) in [5, 5.41) is 13.2. The highest BCUT2D eigenvalue weighted by Crippen LogP contribution is 2.32. The van der Waals surface area contributed by atoms with Crippen molar-refractivity contribution >= 4 is 41.1 Å². The zero-order valence-corrected chi connectivity index (χ0v) is 23.8. The Hall–Kier alpha value is -5.00. The molecule has 4 rings (SSSR count). The zero-order valence-electron chi connectivity index (χ0n) is 23.8. The molecule has 2 amide bonds. The number of likely N-dealkylation sites (tertiary alicyclic amines) is 1. The van der Waals surface area contributed by atoms with Crippen molar-refractivity contribution in [1.82, 2.24) is 19.9 Å². The van der Waals surface area contributed by atoms with E-state index in [2.05, 4.69) is 26.8 Å². The highest BCUT2D eigenvalue weighted by Gasteiger charge is 2.26. The van der Waals surface area contributed by atoms with Crippen molar-refractivity contribution < 1.29 is 24.2 Å². The molecule has 0 saturated carbocycles. The molecule has 0 aliphatic carbocycles. The maximum absolute atomic E-state index is 13.0. The highest BCUT2D eigenvalue weighted by atomic mass is 16.6. The van der Waals surface area contributed by atoms with E-state index in [1.807, 2.05) is 18.7 Å². The number of carboxylic acids is 1. The molecule has 1 fully saturated rings. The van der Waals surface area contributed by atoms with Gasteiger partial charge in [0.1, 0.15) is 17.5 Å². The van der Waals surface area contributed by atoms with Crippen molar-refractivity contribution in [3.63, 3.8) is 0 Å². The molecule has 42 heavy (non-hydrogen) atoms. The molecule has 220 valence electrons. The van der Waals surface area contributed by atoms with Gasteiger partial charge in [-0.15, -0.1) is 0 Å². The molecule has 0 bridgehead atoms. The minimum atomic E-state index is -1.12.